The van der Waals surface area contributed by atoms with Crippen molar-refractivity contribution < 1.29 is 8.42 Å². The van der Waals surface area contributed by atoms with Crippen molar-refractivity contribution in [1.29, 1.82) is 0 Å². The van der Waals surface area contributed by atoms with Gasteiger partial charge in [0.1, 0.15) is 0 Å². The van der Waals surface area contributed by atoms with Crippen molar-refractivity contribution in [2.75, 3.05) is 18.8 Å². The van der Waals surface area contributed by atoms with Gasteiger partial charge in [0.25, 0.3) is 0 Å². The molecule has 1 heterocycles. The molecule has 1 aliphatic heterocycles. The van der Waals surface area contributed by atoms with E-state index in [0.717, 1.165) is 19.3 Å². The van der Waals surface area contributed by atoms with E-state index in [0.29, 0.717) is 18.8 Å². The molecule has 0 bridgehead atoms. The maximum atomic E-state index is 11.6. The van der Waals surface area contributed by atoms with Gasteiger partial charge < -0.3 is 0 Å². The fourth-order valence-corrected chi connectivity index (χ4v) is 2.80. The Bertz CT molecular complexity index is 261. The summed E-state index contributed by atoms with van der Waals surface area (Å²) in [6.07, 6.45) is 6.65. The molecular weight excluding hydrogens is 186 g/mol. The van der Waals surface area contributed by atoms with Gasteiger partial charge in [-0.15, -0.1) is 0 Å². The number of rotatable bonds is 5. The summed E-state index contributed by atoms with van der Waals surface area (Å²) in [6.45, 7) is 3.20. The summed E-state index contributed by atoms with van der Waals surface area (Å²) in [7, 11) is -2.96. The Labute approximate surface area is 80.5 Å². The molecule has 0 saturated carbocycles. The first-order valence-corrected chi connectivity index (χ1v) is 6.40. The Balaban J connectivity index is 2.37. The highest BCUT2D eigenvalue weighted by atomic mass is 32.2. The van der Waals surface area contributed by atoms with Crippen LogP contribution >= 0.6 is 0 Å². The van der Waals surface area contributed by atoms with Crippen LogP contribution < -0.4 is 0 Å². The van der Waals surface area contributed by atoms with Crippen LogP contribution in [0.1, 0.15) is 26.2 Å². The first-order valence-electron chi connectivity index (χ1n) is 4.79. The lowest BCUT2D eigenvalue weighted by molar-refractivity contribution is 0.485. The van der Waals surface area contributed by atoms with Crippen LogP contribution in [0.4, 0.5) is 0 Å². The molecule has 0 radical (unpaired) electrons. The molecule has 0 aromatic carbocycles. The van der Waals surface area contributed by atoms with E-state index in [-0.39, 0.29) is 0 Å². The van der Waals surface area contributed by atoms with Crippen LogP contribution in [0.25, 0.3) is 0 Å². The average Bonchev–Trinajstić information content (AvgIpc) is 2.56. The summed E-state index contributed by atoms with van der Waals surface area (Å²) >= 11 is 0. The minimum Gasteiger partial charge on any atom is -0.212 e. The Kier molecular flexibility index (Phi) is 3.93. The van der Waals surface area contributed by atoms with Gasteiger partial charge in [-0.1, -0.05) is 31.9 Å². The summed E-state index contributed by atoms with van der Waals surface area (Å²) in [5.41, 5.74) is 0. The first-order chi connectivity index (χ1) is 6.17. The molecular formula is C9H17NO2S. The summed E-state index contributed by atoms with van der Waals surface area (Å²) < 4.78 is 24.7. The fourth-order valence-electron chi connectivity index (χ4n) is 1.35. The molecule has 3 nitrogen and oxygen atoms in total. The predicted octanol–water partition coefficient (Wildman–Crippen LogP) is 1.38. The zero-order valence-electron chi connectivity index (χ0n) is 8.07. The number of sulfonamides is 1. The second-order valence-corrected chi connectivity index (χ2v) is 5.40. The standard InChI is InChI=1S/C9H17NO2S/c1-2-3-6-9-13(11,12)10-7-4-5-8-10/h4-5H,2-3,6-9H2,1H3. The molecule has 0 aliphatic carbocycles. The van der Waals surface area contributed by atoms with E-state index < -0.39 is 10.0 Å². The molecule has 0 amide bonds. The van der Waals surface area contributed by atoms with Gasteiger partial charge in [0.2, 0.25) is 10.0 Å². The third-order valence-corrected chi connectivity index (χ3v) is 4.07. The molecule has 0 N–H and O–H groups in total. The van der Waals surface area contributed by atoms with Gasteiger partial charge in [0, 0.05) is 13.1 Å². The lowest BCUT2D eigenvalue weighted by Crippen LogP contribution is -2.30. The molecule has 0 atom stereocenters. The zero-order valence-corrected chi connectivity index (χ0v) is 8.89. The van der Waals surface area contributed by atoms with Crippen molar-refractivity contribution in [2.24, 2.45) is 0 Å². The fraction of sp³-hybridized carbons (Fsp3) is 0.778. The van der Waals surface area contributed by atoms with Crippen LogP contribution in [0, 0.1) is 0 Å². The minimum absolute atomic E-state index is 0.308. The first kappa shape index (κ1) is 10.7. The van der Waals surface area contributed by atoms with E-state index >= 15 is 0 Å². The highest BCUT2D eigenvalue weighted by Crippen LogP contribution is 2.09. The number of nitrogens with zero attached hydrogens (tertiary/aromatic N) is 1. The lowest BCUT2D eigenvalue weighted by atomic mass is 10.3. The van der Waals surface area contributed by atoms with Crippen molar-refractivity contribution in [3.63, 3.8) is 0 Å². The summed E-state index contributed by atoms with van der Waals surface area (Å²) in [5, 5.41) is 0. The van der Waals surface area contributed by atoms with Gasteiger partial charge >= 0.3 is 0 Å². The molecule has 4 heteroatoms. The zero-order chi connectivity index (χ0) is 9.73. The maximum Gasteiger partial charge on any atom is 0.214 e. The SMILES string of the molecule is CCCCCS(=O)(=O)N1CC=CC1. The highest BCUT2D eigenvalue weighted by molar-refractivity contribution is 7.89. The molecule has 13 heavy (non-hydrogen) atoms. The minimum atomic E-state index is -2.96. The largest absolute Gasteiger partial charge is 0.214 e. The monoisotopic (exact) mass is 203 g/mol. The van der Waals surface area contributed by atoms with Crippen LogP contribution in [0.3, 0.4) is 0 Å². The second-order valence-electron chi connectivity index (χ2n) is 3.31. The second kappa shape index (κ2) is 4.77. The third kappa shape index (κ3) is 3.12. The van der Waals surface area contributed by atoms with Gasteiger partial charge in [-0.05, 0) is 6.42 Å². The van der Waals surface area contributed by atoms with E-state index in [2.05, 4.69) is 6.92 Å². The van der Waals surface area contributed by atoms with Gasteiger partial charge in [0.15, 0.2) is 0 Å². The summed E-state index contributed by atoms with van der Waals surface area (Å²) in [5.74, 6) is 0.308. The topological polar surface area (TPSA) is 37.4 Å². The normalized spacial score (nSPS) is 18.2. The van der Waals surface area contributed by atoms with Crippen molar-refractivity contribution in [3.05, 3.63) is 12.2 Å². The molecule has 1 rings (SSSR count). The predicted molar refractivity (Wildman–Crippen MR) is 54.0 cm³/mol. The highest BCUT2D eigenvalue weighted by Gasteiger charge is 2.21. The van der Waals surface area contributed by atoms with Crippen LogP contribution in [-0.4, -0.2) is 31.6 Å². The van der Waals surface area contributed by atoms with Crippen molar-refractivity contribution in [1.82, 2.24) is 4.31 Å². The average molecular weight is 203 g/mol. The summed E-state index contributed by atoms with van der Waals surface area (Å²) in [6, 6.07) is 0. The Morgan fingerprint density at radius 3 is 2.38 bits per heavy atom. The van der Waals surface area contributed by atoms with E-state index in [4.69, 9.17) is 0 Å². The van der Waals surface area contributed by atoms with E-state index in [1.807, 2.05) is 12.2 Å². The maximum absolute atomic E-state index is 11.6. The lowest BCUT2D eigenvalue weighted by Gasteiger charge is -2.14. The van der Waals surface area contributed by atoms with Crippen LogP contribution in [0.15, 0.2) is 12.2 Å². The van der Waals surface area contributed by atoms with Gasteiger partial charge in [-0.2, -0.15) is 4.31 Å². The van der Waals surface area contributed by atoms with E-state index in [9.17, 15) is 8.42 Å². The quantitative estimate of drug-likeness (QED) is 0.500. The Morgan fingerprint density at radius 2 is 1.85 bits per heavy atom. The van der Waals surface area contributed by atoms with E-state index in [1.165, 1.54) is 4.31 Å². The molecule has 76 valence electrons. The molecule has 0 unspecified atom stereocenters. The smallest absolute Gasteiger partial charge is 0.212 e. The number of unbranched alkanes of at least 4 members (excludes halogenated alkanes) is 2. The molecule has 0 aromatic heterocycles. The van der Waals surface area contributed by atoms with Gasteiger partial charge in [-0.25, -0.2) is 8.42 Å². The number of hydrogen-bond donors (Lipinski definition) is 0. The van der Waals surface area contributed by atoms with Crippen molar-refractivity contribution >= 4 is 10.0 Å². The van der Waals surface area contributed by atoms with Gasteiger partial charge in [-0.3, -0.25) is 0 Å². The van der Waals surface area contributed by atoms with Crippen molar-refractivity contribution in [3.8, 4) is 0 Å². The Hall–Kier alpha value is -0.350. The number of hydrogen-bond acceptors (Lipinski definition) is 2. The molecule has 0 saturated heterocycles. The van der Waals surface area contributed by atoms with Crippen LogP contribution in [-0.2, 0) is 10.0 Å². The third-order valence-electron chi connectivity index (χ3n) is 2.18. The van der Waals surface area contributed by atoms with Gasteiger partial charge in [0.05, 0.1) is 5.75 Å². The molecule has 0 spiro atoms. The molecule has 0 fully saturated rings. The molecule has 0 aromatic rings. The van der Waals surface area contributed by atoms with Crippen LogP contribution in [0.2, 0.25) is 0 Å². The Morgan fingerprint density at radius 1 is 1.23 bits per heavy atom. The van der Waals surface area contributed by atoms with Crippen LogP contribution in [0.5, 0.6) is 0 Å². The molecule has 1 aliphatic rings. The van der Waals surface area contributed by atoms with E-state index in [1.54, 1.807) is 0 Å². The van der Waals surface area contributed by atoms with Crippen molar-refractivity contribution in [2.45, 2.75) is 26.2 Å². The summed E-state index contributed by atoms with van der Waals surface area (Å²) in [4.78, 5) is 0.